The van der Waals surface area contributed by atoms with Crippen LogP contribution >= 0.6 is 0 Å². The molecule has 1 fully saturated rings. The number of carbonyl (C=O) groups is 1. The van der Waals surface area contributed by atoms with Gasteiger partial charge in [0.25, 0.3) is 0 Å². The lowest BCUT2D eigenvalue weighted by Crippen LogP contribution is -2.43. The van der Waals surface area contributed by atoms with Crippen LogP contribution in [0.15, 0.2) is 43.0 Å². The minimum absolute atomic E-state index is 0.0401. The third kappa shape index (κ3) is 5.62. The van der Waals surface area contributed by atoms with E-state index in [0.29, 0.717) is 23.0 Å². The van der Waals surface area contributed by atoms with Crippen molar-refractivity contribution in [1.29, 1.82) is 0 Å². The van der Waals surface area contributed by atoms with Crippen LogP contribution in [0.25, 0.3) is 11.4 Å². The van der Waals surface area contributed by atoms with Crippen molar-refractivity contribution in [2.24, 2.45) is 0 Å². The molecule has 4 heterocycles. The van der Waals surface area contributed by atoms with Gasteiger partial charge in [0.1, 0.15) is 0 Å². The summed E-state index contributed by atoms with van der Waals surface area (Å²) in [5.41, 5.74) is 2.54. The lowest BCUT2D eigenvalue weighted by Gasteiger charge is -2.36. The number of morpholine rings is 1. The van der Waals surface area contributed by atoms with E-state index >= 15 is 0 Å². The number of hydrogen-bond donors (Lipinski definition) is 0. The Bertz CT molecular complexity index is 1280. The molecule has 3 aromatic rings. The van der Waals surface area contributed by atoms with Crippen LogP contribution < -0.4 is 0 Å². The van der Waals surface area contributed by atoms with Gasteiger partial charge >= 0.3 is 6.18 Å². The zero-order valence-corrected chi connectivity index (χ0v) is 20.4. The first-order valence-corrected chi connectivity index (χ1v) is 12.2. The average Bonchev–Trinajstić information content (AvgIpc) is 3.30. The van der Waals surface area contributed by atoms with Crippen molar-refractivity contribution in [2.75, 3.05) is 26.3 Å². The van der Waals surface area contributed by atoms with E-state index < -0.39 is 11.7 Å². The number of ketones is 1. The van der Waals surface area contributed by atoms with Gasteiger partial charge in [0.05, 0.1) is 60.2 Å². The Kier molecular flexibility index (Phi) is 7.16. The van der Waals surface area contributed by atoms with Crippen molar-refractivity contribution in [3.8, 4) is 5.82 Å². The summed E-state index contributed by atoms with van der Waals surface area (Å²) < 4.78 is 45.2. The van der Waals surface area contributed by atoms with E-state index in [0.717, 1.165) is 63.5 Å². The Balaban J connectivity index is 1.22. The molecule has 0 spiro atoms. The monoisotopic (exact) mass is 512 g/mol. The molecule has 0 saturated carbocycles. The normalized spacial score (nSPS) is 19.0. The highest BCUT2D eigenvalue weighted by Crippen LogP contribution is 2.30. The van der Waals surface area contributed by atoms with Gasteiger partial charge in [0.15, 0.2) is 11.6 Å². The van der Waals surface area contributed by atoms with Crippen molar-refractivity contribution >= 4 is 11.4 Å². The van der Waals surface area contributed by atoms with Crippen molar-refractivity contribution in [1.82, 2.24) is 29.6 Å². The Morgan fingerprint density at radius 2 is 1.89 bits per heavy atom. The zero-order chi connectivity index (χ0) is 26.0. The summed E-state index contributed by atoms with van der Waals surface area (Å²) in [6, 6.07) is 2.70. The average molecular weight is 513 g/mol. The predicted molar refractivity (Wildman–Crippen MR) is 129 cm³/mol. The van der Waals surface area contributed by atoms with Crippen LogP contribution in [0.5, 0.6) is 0 Å². The topological polar surface area (TPSA) is 86.0 Å². The van der Waals surface area contributed by atoms with Crippen LogP contribution in [0.4, 0.5) is 13.2 Å². The van der Waals surface area contributed by atoms with Gasteiger partial charge in [-0.2, -0.15) is 18.3 Å². The van der Waals surface area contributed by atoms with Crippen molar-refractivity contribution in [2.45, 2.75) is 44.8 Å². The minimum Gasteiger partial charge on any atom is -0.379 e. The lowest BCUT2D eigenvalue weighted by molar-refractivity contribution is -0.137. The molecule has 1 aliphatic carbocycles. The number of aromatic nitrogens is 5. The standard InChI is InChI=1S/C26H27F3N6O2/c1-17-22(15-33-35(17)25-7-4-19(13-32-25)26(27,28)29)24(36)12-20-14-31-23(16-30-20)18-2-5-21(6-3-18)34-8-10-37-11-9-34/h2,4,7,13-16,21H,3,5-6,8-12H2,1H3. The molecule has 2 aliphatic rings. The molecule has 0 N–H and O–H groups in total. The smallest absolute Gasteiger partial charge is 0.379 e. The summed E-state index contributed by atoms with van der Waals surface area (Å²) in [6.45, 7) is 5.23. The van der Waals surface area contributed by atoms with Crippen molar-refractivity contribution in [3.05, 3.63) is 71.2 Å². The van der Waals surface area contributed by atoms with E-state index in [-0.39, 0.29) is 18.0 Å². The molecule has 194 valence electrons. The quantitative estimate of drug-likeness (QED) is 0.460. The number of nitrogens with zero attached hydrogens (tertiary/aromatic N) is 6. The van der Waals surface area contributed by atoms with Gasteiger partial charge in [0, 0.05) is 31.5 Å². The summed E-state index contributed by atoms with van der Waals surface area (Å²) in [6.07, 6.45) is 6.29. The van der Waals surface area contributed by atoms with Crippen LogP contribution in [-0.2, 0) is 17.3 Å². The molecule has 11 heteroatoms. The van der Waals surface area contributed by atoms with E-state index in [9.17, 15) is 18.0 Å². The fourth-order valence-electron chi connectivity index (χ4n) is 4.79. The van der Waals surface area contributed by atoms with Crippen LogP contribution in [0, 0.1) is 6.92 Å². The molecule has 37 heavy (non-hydrogen) atoms. The zero-order valence-electron chi connectivity index (χ0n) is 20.4. The Morgan fingerprint density at radius 1 is 1.08 bits per heavy atom. The molecule has 8 nitrogen and oxygen atoms in total. The molecule has 1 atom stereocenters. The van der Waals surface area contributed by atoms with Gasteiger partial charge in [-0.25, -0.2) is 9.67 Å². The van der Waals surface area contributed by atoms with Gasteiger partial charge in [-0.3, -0.25) is 19.7 Å². The molecule has 0 bridgehead atoms. The number of ether oxygens (including phenoxy) is 1. The number of carbonyl (C=O) groups excluding carboxylic acids is 1. The molecular formula is C26H27F3N6O2. The highest BCUT2D eigenvalue weighted by atomic mass is 19.4. The third-order valence-corrected chi connectivity index (χ3v) is 6.92. The highest BCUT2D eigenvalue weighted by Gasteiger charge is 2.31. The molecule has 1 aliphatic heterocycles. The van der Waals surface area contributed by atoms with Crippen LogP contribution in [0.2, 0.25) is 0 Å². The maximum atomic E-state index is 12.9. The molecule has 5 rings (SSSR count). The first-order valence-electron chi connectivity index (χ1n) is 12.2. The first-order chi connectivity index (χ1) is 17.8. The van der Waals surface area contributed by atoms with Gasteiger partial charge in [0.2, 0.25) is 0 Å². The first kappa shape index (κ1) is 25.2. The minimum atomic E-state index is -4.47. The SMILES string of the molecule is Cc1c(C(=O)Cc2cnc(C3=CCC(N4CCOCC4)CC3)cn2)cnn1-c1ccc(C(F)(F)F)cn1. The fourth-order valence-corrected chi connectivity index (χ4v) is 4.79. The molecule has 0 radical (unpaired) electrons. The molecule has 0 amide bonds. The van der Waals surface area contributed by atoms with Gasteiger partial charge < -0.3 is 4.74 Å². The largest absolute Gasteiger partial charge is 0.417 e. The Hall–Kier alpha value is -3.44. The summed E-state index contributed by atoms with van der Waals surface area (Å²) in [5, 5.41) is 4.15. The fraction of sp³-hybridized carbons (Fsp3) is 0.423. The summed E-state index contributed by atoms with van der Waals surface area (Å²) in [4.78, 5) is 28.3. The summed E-state index contributed by atoms with van der Waals surface area (Å²) in [5.74, 6) is -0.00624. The van der Waals surface area contributed by atoms with Crippen molar-refractivity contribution in [3.63, 3.8) is 0 Å². The number of allylic oxidation sites excluding steroid dienone is 1. The van der Waals surface area contributed by atoms with Crippen LogP contribution in [0.1, 0.15) is 52.3 Å². The second-order valence-corrected chi connectivity index (χ2v) is 9.26. The number of halogens is 3. The molecular weight excluding hydrogens is 485 g/mol. The number of hydrogen-bond acceptors (Lipinski definition) is 7. The lowest BCUT2D eigenvalue weighted by atomic mass is 9.92. The predicted octanol–water partition coefficient (Wildman–Crippen LogP) is 4.08. The Labute approximate surface area is 212 Å². The van der Waals surface area contributed by atoms with Gasteiger partial charge in [-0.15, -0.1) is 0 Å². The second kappa shape index (κ2) is 10.5. The molecule has 3 aromatic heterocycles. The number of alkyl halides is 3. The van der Waals surface area contributed by atoms with E-state index in [2.05, 4.69) is 31.0 Å². The molecule has 0 aromatic carbocycles. The van der Waals surface area contributed by atoms with E-state index in [4.69, 9.17) is 4.74 Å². The van der Waals surface area contributed by atoms with Crippen LogP contribution in [0.3, 0.4) is 0 Å². The van der Waals surface area contributed by atoms with Gasteiger partial charge in [-0.05, 0) is 43.9 Å². The third-order valence-electron chi connectivity index (χ3n) is 6.92. The van der Waals surface area contributed by atoms with E-state index in [1.165, 1.54) is 22.5 Å². The second-order valence-electron chi connectivity index (χ2n) is 9.26. The Morgan fingerprint density at radius 3 is 2.51 bits per heavy atom. The highest BCUT2D eigenvalue weighted by molar-refractivity contribution is 5.98. The number of pyridine rings is 1. The summed E-state index contributed by atoms with van der Waals surface area (Å²) >= 11 is 0. The van der Waals surface area contributed by atoms with Gasteiger partial charge in [-0.1, -0.05) is 6.08 Å². The molecule has 1 saturated heterocycles. The maximum absolute atomic E-state index is 12.9. The van der Waals surface area contributed by atoms with Crippen molar-refractivity contribution < 1.29 is 22.7 Å². The number of rotatable bonds is 6. The van der Waals surface area contributed by atoms with E-state index in [1.54, 1.807) is 19.3 Å². The maximum Gasteiger partial charge on any atom is 0.417 e. The summed E-state index contributed by atoms with van der Waals surface area (Å²) in [7, 11) is 0. The molecule has 1 unspecified atom stereocenters. The van der Waals surface area contributed by atoms with Crippen LogP contribution in [-0.4, -0.2) is 67.8 Å². The number of Topliss-reactive ketones (excluding diaryl/α,β-unsaturated/α-hetero) is 1. The van der Waals surface area contributed by atoms with E-state index in [1.807, 2.05) is 0 Å².